The minimum atomic E-state index is -0.320. The quantitative estimate of drug-likeness (QED) is 0.360. The monoisotopic (exact) mass is 439 g/mol. The van der Waals surface area contributed by atoms with Gasteiger partial charge in [0, 0.05) is 16.5 Å². The molecule has 154 valence electrons. The fourth-order valence-corrected chi connectivity index (χ4v) is 4.85. The van der Waals surface area contributed by atoms with Crippen LogP contribution in [0.3, 0.4) is 0 Å². The van der Waals surface area contributed by atoms with Crippen molar-refractivity contribution in [3.63, 3.8) is 0 Å². The van der Waals surface area contributed by atoms with Crippen molar-refractivity contribution in [2.45, 2.75) is 31.5 Å². The van der Waals surface area contributed by atoms with Crippen molar-refractivity contribution in [3.8, 4) is 17.0 Å². The van der Waals surface area contributed by atoms with Gasteiger partial charge in [-0.3, -0.25) is 14.2 Å². The molecule has 0 radical (unpaired) electrons. The molecular weight excluding hydrogens is 418 g/mol. The number of furan rings is 1. The van der Waals surface area contributed by atoms with E-state index in [2.05, 4.69) is 5.32 Å². The molecule has 1 amide bonds. The fraction of sp³-hybridized carbons (Fsp3) is 0.227. The van der Waals surface area contributed by atoms with Gasteiger partial charge in [0.25, 0.3) is 5.56 Å². The molecule has 4 rings (SSSR count). The number of benzene rings is 1. The van der Waals surface area contributed by atoms with Crippen LogP contribution in [0.2, 0.25) is 0 Å². The van der Waals surface area contributed by atoms with Gasteiger partial charge in [0.2, 0.25) is 5.91 Å². The van der Waals surface area contributed by atoms with Gasteiger partial charge in [-0.05, 0) is 45.0 Å². The Labute approximate surface area is 181 Å². The van der Waals surface area contributed by atoms with Gasteiger partial charge in [-0.1, -0.05) is 30.0 Å². The number of hydrogen-bond donors (Lipinski definition) is 1. The number of fused-ring (bicyclic) bond motifs is 1. The third kappa shape index (κ3) is 4.20. The Hall–Kier alpha value is -2.84. The Morgan fingerprint density at radius 2 is 1.97 bits per heavy atom. The Balaban J connectivity index is 1.82. The van der Waals surface area contributed by atoms with E-state index in [9.17, 15) is 9.59 Å². The molecule has 8 heteroatoms. The van der Waals surface area contributed by atoms with Crippen LogP contribution in [0.1, 0.15) is 20.8 Å². The van der Waals surface area contributed by atoms with E-state index in [-0.39, 0.29) is 22.8 Å². The summed E-state index contributed by atoms with van der Waals surface area (Å²) in [5.41, 5.74) is 0.925. The van der Waals surface area contributed by atoms with Gasteiger partial charge >= 0.3 is 0 Å². The Bertz CT molecular complexity index is 1240. The van der Waals surface area contributed by atoms with Gasteiger partial charge < -0.3 is 9.73 Å². The number of thioether (sulfide) groups is 1. The average molecular weight is 440 g/mol. The number of nitrogens with one attached hydrogen (secondary N) is 1. The number of nitrogens with zero attached hydrogens (tertiary/aromatic N) is 2. The van der Waals surface area contributed by atoms with Crippen LogP contribution < -0.4 is 10.9 Å². The predicted octanol–water partition coefficient (Wildman–Crippen LogP) is 4.71. The molecule has 1 aromatic carbocycles. The predicted molar refractivity (Wildman–Crippen MR) is 122 cm³/mol. The Morgan fingerprint density at radius 3 is 2.63 bits per heavy atom. The van der Waals surface area contributed by atoms with E-state index in [0.717, 1.165) is 5.56 Å². The first-order chi connectivity index (χ1) is 14.3. The standard InChI is InChI=1S/C22H21N3O3S2/c1-22(2,3)24-17(26)13-30-21-23-19-18(15(12-29-19)16-10-7-11-28-16)20(27)25(21)14-8-5-4-6-9-14/h4-12H,13H2,1-3H3,(H,24,26). The average Bonchev–Trinajstić information content (AvgIpc) is 3.35. The summed E-state index contributed by atoms with van der Waals surface area (Å²) in [5, 5.41) is 5.82. The molecular formula is C22H21N3O3S2. The van der Waals surface area contributed by atoms with Gasteiger partial charge in [0.1, 0.15) is 10.6 Å². The second-order valence-corrected chi connectivity index (χ2v) is 9.56. The molecule has 1 N–H and O–H groups in total. The van der Waals surface area contributed by atoms with Crippen LogP contribution in [0.25, 0.3) is 27.2 Å². The van der Waals surface area contributed by atoms with E-state index in [4.69, 9.17) is 9.40 Å². The van der Waals surface area contributed by atoms with Crippen LogP contribution in [-0.2, 0) is 4.79 Å². The topological polar surface area (TPSA) is 77.1 Å². The van der Waals surface area contributed by atoms with Crippen LogP contribution >= 0.6 is 23.1 Å². The lowest BCUT2D eigenvalue weighted by Crippen LogP contribution is -2.41. The Kier molecular flexibility index (Phi) is 5.53. The molecule has 0 unspecified atom stereocenters. The first kappa shape index (κ1) is 20.4. The molecule has 0 fully saturated rings. The van der Waals surface area contributed by atoms with Crippen LogP contribution in [0.15, 0.2) is 68.5 Å². The summed E-state index contributed by atoms with van der Waals surface area (Å²) in [5.74, 6) is 0.687. The highest BCUT2D eigenvalue weighted by Crippen LogP contribution is 2.33. The number of para-hydroxylation sites is 1. The molecule has 3 aromatic heterocycles. The highest BCUT2D eigenvalue weighted by Gasteiger charge is 2.21. The number of rotatable bonds is 5. The first-order valence-corrected chi connectivity index (χ1v) is 11.3. The highest BCUT2D eigenvalue weighted by atomic mass is 32.2. The van der Waals surface area contributed by atoms with Gasteiger partial charge in [0.05, 0.1) is 23.1 Å². The molecule has 30 heavy (non-hydrogen) atoms. The van der Waals surface area contributed by atoms with E-state index >= 15 is 0 Å². The van der Waals surface area contributed by atoms with Crippen LogP contribution in [-0.4, -0.2) is 26.8 Å². The number of hydrogen-bond acceptors (Lipinski definition) is 6. The van der Waals surface area contributed by atoms with Crippen molar-refractivity contribution >= 4 is 39.2 Å². The minimum absolute atomic E-state index is 0.107. The maximum atomic E-state index is 13.6. The summed E-state index contributed by atoms with van der Waals surface area (Å²) >= 11 is 2.64. The van der Waals surface area contributed by atoms with Gasteiger partial charge in [0.15, 0.2) is 5.16 Å². The third-order valence-electron chi connectivity index (χ3n) is 4.22. The summed E-state index contributed by atoms with van der Waals surface area (Å²) in [6, 6.07) is 13.0. The molecule has 0 saturated heterocycles. The maximum absolute atomic E-state index is 13.6. The molecule has 0 aliphatic carbocycles. The zero-order chi connectivity index (χ0) is 21.3. The molecule has 0 aliphatic heterocycles. The highest BCUT2D eigenvalue weighted by molar-refractivity contribution is 7.99. The van der Waals surface area contributed by atoms with Gasteiger partial charge in [-0.25, -0.2) is 4.98 Å². The minimum Gasteiger partial charge on any atom is -0.464 e. The molecule has 4 aromatic rings. The van der Waals surface area contributed by atoms with E-state index in [1.807, 2.05) is 62.5 Å². The maximum Gasteiger partial charge on any atom is 0.268 e. The summed E-state index contributed by atoms with van der Waals surface area (Å²) in [6.07, 6.45) is 1.58. The zero-order valence-electron chi connectivity index (χ0n) is 16.8. The largest absolute Gasteiger partial charge is 0.464 e. The molecule has 0 spiro atoms. The number of carbonyl (C=O) groups is 1. The zero-order valence-corrected chi connectivity index (χ0v) is 18.5. The molecule has 0 atom stereocenters. The number of thiophene rings is 1. The number of amides is 1. The summed E-state index contributed by atoms with van der Waals surface area (Å²) in [6.45, 7) is 5.80. The fourth-order valence-electron chi connectivity index (χ4n) is 3.07. The van der Waals surface area contributed by atoms with Crippen LogP contribution in [0, 0.1) is 0 Å². The smallest absolute Gasteiger partial charge is 0.268 e. The molecule has 0 aliphatic rings. The van der Waals surface area contributed by atoms with Crippen molar-refractivity contribution in [2.24, 2.45) is 0 Å². The van der Waals surface area contributed by atoms with E-state index < -0.39 is 0 Å². The summed E-state index contributed by atoms with van der Waals surface area (Å²) in [4.78, 5) is 31.3. The number of carbonyl (C=O) groups excluding carboxylic acids is 1. The van der Waals surface area contributed by atoms with Crippen molar-refractivity contribution in [2.75, 3.05) is 5.75 Å². The summed E-state index contributed by atoms with van der Waals surface area (Å²) in [7, 11) is 0. The summed E-state index contributed by atoms with van der Waals surface area (Å²) < 4.78 is 7.08. The molecule has 6 nitrogen and oxygen atoms in total. The van der Waals surface area contributed by atoms with Crippen LogP contribution in [0.5, 0.6) is 0 Å². The van der Waals surface area contributed by atoms with Gasteiger partial charge in [-0.2, -0.15) is 0 Å². The van der Waals surface area contributed by atoms with Crippen LogP contribution in [0.4, 0.5) is 0 Å². The first-order valence-electron chi connectivity index (χ1n) is 9.41. The van der Waals surface area contributed by atoms with Crippen molar-refractivity contribution in [3.05, 3.63) is 64.5 Å². The lowest BCUT2D eigenvalue weighted by molar-refractivity contribution is -0.119. The van der Waals surface area contributed by atoms with Crippen molar-refractivity contribution in [1.29, 1.82) is 0 Å². The van der Waals surface area contributed by atoms with Crippen molar-refractivity contribution < 1.29 is 9.21 Å². The Morgan fingerprint density at radius 1 is 1.20 bits per heavy atom. The normalized spacial score (nSPS) is 11.7. The molecule has 3 heterocycles. The number of aromatic nitrogens is 2. The SMILES string of the molecule is CC(C)(C)NC(=O)CSc1nc2scc(-c3ccco3)c2c(=O)n1-c1ccccc1. The lowest BCUT2D eigenvalue weighted by Gasteiger charge is -2.20. The van der Waals surface area contributed by atoms with E-state index in [1.54, 1.807) is 16.9 Å². The molecule has 0 saturated carbocycles. The van der Waals surface area contributed by atoms with Gasteiger partial charge in [-0.15, -0.1) is 11.3 Å². The van der Waals surface area contributed by atoms with Crippen molar-refractivity contribution in [1.82, 2.24) is 14.9 Å². The lowest BCUT2D eigenvalue weighted by atomic mass is 10.1. The second kappa shape index (κ2) is 8.12. The third-order valence-corrected chi connectivity index (χ3v) is 6.04. The molecule has 0 bridgehead atoms. The van der Waals surface area contributed by atoms with E-state index in [0.29, 0.717) is 26.8 Å². The van der Waals surface area contributed by atoms with E-state index in [1.165, 1.54) is 23.1 Å². The second-order valence-electron chi connectivity index (χ2n) is 7.76.